The molecule has 100 valence electrons. The monoisotopic (exact) mass is 342 g/mol. The molecular formula is C13H12BrClN2O2. The third kappa shape index (κ3) is 4.69. The fraction of sp³-hybridized carbons (Fsp3) is 0.231. The minimum atomic E-state index is -0.141. The Balaban J connectivity index is 1.86. The maximum Gasteiger partial charge on any atom is 0.215 e. The molecule has 0 aromatic carbocycles. The Hall–Kier alpha value is -1.33. The fourth-order valence-corrected chi connectivity index (χ4v) is 1.88. The highest BCUT2D eigenvalue weighted by molar-refractivity contribution is 9.10. The molecule has 0 saturated heterocycles. The average Bonchev–Trinajstić information content (AvgIpc) is 2.36. The SMILES string of the molecule is CC(COc1ccnc(Br)c1)Oc1cccc(Cl)n1. The van der Waals surface area contributed by atoms with Crippen LogP contribution in [0.3, 0.4) is 0 Å². The van der Waals surface area contributed by atoms with Crippen LogP contribution in [0.25, 0.3) is 0 Å². The van der Waals surface area contributed by atoms with Gasteiger partial charge in [-0.2, -0.15) is 0 Å². The molecule has 2 rings (SSSR count). The van der Waals surface area contributed by atoms with E-state index >= 15 is 0 Å². The molecule has 0 N–H and O–H groups in total. The number of rotatable bonds is 5. The van der Waals surface area contributed by atoms with Crippen LogP contribution in [0.5, 0.6) is 11.6 Å². The average molecular weight is 344 g/mol. The van der Waals surface area contributed by atoms with Crippen molar-refractivity contribution < 1.29 is 9.47 Å². The zero-order valence-electron chi connectivity index (χ0n) is 10.2. The summed E-state index contributed by atoms with van der Waals surface area (Å²) in [5.74, 6) is 1.22. The van der Waals surface area contributed by atoms with E-state index in [1.54, 1.807) is 36.5 Å². The van der Waals surface area contributed by atoms with Gasteiger partial charge < -0.3 is 9.47 Å². The lowest BCUT2D eigenvalue weighted by Crippen LogP contribution is -2.21. The van der Waals surface area contributed by atoms with Gasteiger partial charge >= 0.3 is 0 Å². The minimum absolute atomic E-state index is 0.141. The highest BCUT2D eigenvalue weighted by atomic mass is 79.9. The molecule has 0 aliphatic heterocycles. The van der Waals surface area contributed by atoms with Crippen LogP contribution in [-0.4, -0.2) is 22.7 Å². The van der Waals surface area contributed by atoms with Crippen LogP contribution in [0.15, 0.2) is 41.1 Å². The Morgan fingerprint density at radius 2 is 2.21 bits per heavy atom. The number of ether oxygens (including phenoxy) is 2. The lowest BCUT2D eigenvalue weighted by atomic mass is 10.4. The highest BCUT2D eigenvalue weighted by Gasteiger charge is 2.07. The molecule has 1 unspecified atom stereocenters. The summed E-state index contributed by atoms with van der Waals surface area (Å²) in [7, 11) is 0. The molecule has 0 spiro atoms. The Morgan fingerprint density at radius 3 is 2.95 bits per heavy atom. The Bertz CT molecular complexity index is 554. The van der Waals surface area contributed by atoms with E-state index in [1.807, 2.05) is 6.92 Å². The molecule has 19 heavy (non-hydrogen) atoms. The van der Waals surface area contributed by atoms with Crippen LogP contribution in [0.2, 0.25) is 5.15 Å². The summed E-state index contributed by atoms with van der Waals surface area (Å²) < 4.78 is 11.9. The third-order valence-electron chi connectivity index (χ3n) is 2.19. The van der Waals surface area contributed by atoms with Gasteiger partial charge in [0, 0.05) is 18.3 Å². The van der Waals surface area contributed by atoms with Crippen molar-refractivity contribution in [3.8, 4) is 11.6 Å². The second kappa shape index (κ2) is 6.73. The first-order valence-corrected chi connectivity index (χ1v) is 6.84. The Labute approximate surface area is 124 Å². The first kappa shape index (κ1) is 14.1. The lowest BCUT2D eigenvalue weighted by molar-refractivity contribution is 0.138. The summed E-state index contributed by atoms with van der Waals surface area (Å²) in [6, 6.07) is 8.83. The maximum atomic E-state index is 5.78. The van der Waals surface area contributed by atoms with Gasteiger partial charge in [0.25, 0.3) is 0 Å². The molecule has 6 heteroatoms. The van der Waals surface area contributed by atoms with Crippen molar-refractivity contribution in [2.24, 2.45) is 0 Å². The summed E-state index contributed by atoms with van der Waals surface area (Å²) in [6.45, 7) is 2.31. The molecule has 0 fully saturated rings. The number of pyridine rings is 2. The predicted molar refractivity (Wildman–Crippen MR) is 76.8 cm³/mol. The van der Waals surface area contributed by atoms with Crippen molar-refractivity contribution in [3.63, 3.8) is 0 Å². The largest absolute Gasteiger partial charge is 0.490 e. The molecule has 2 heterocycles. The summed E-state index contributed by atoms with van der Waals surface area (Å²) in [6.07, 6.45) is 1.53. The summed E-state index contributed by atoms with van der Waals surface area (Å²) in [4.78, 5) is 8.08. The van der Waals surface area contributed by atoms with Crippen LogP contribution in [0.1, 0.15) is 6.92 Å². The van der Waals surface area contributed by atoms with Gasteiger partial charge in [-0.25, -0.2) is 9.97 Å². The van der Waals surface area contributed by atoms with E-state index in [0.29, 0.717) is 17.6 Å². The molecule has 2 aromatic heterocycles. The highest BCUT2D eigenvalue weighted by Crippen LogP contribution is 2.16. The van der Waals surface area contributed by atoms with Crippen molar-refractivity contribution in [3.05, 3.63) is 46.3 Å². The predicted octanol–water partition coefficient (Wildman–Crippen LogP) is 3.74. The van der Waals surface area contributed by atoms with Crippen LogP contribution >= 0.6 is 27.5 Å². The van der Waals surface area contributed by atoms with Crippen LogP contribution in [-0.2, 0) is 0 Å². The van der Waals surface area contributed by atoms with Crippen LogP contribution < -0.4 is 9.47 Å². The first-order chi connectivity index (χ1) is 9.13. The second-order valence-corrected chi connectivity index (χ2v) is 5.05. The van der Waals surface area contributed by atoms with Crippen LogP contribution in [0.4, 0.5) is 0 Å². The molecule has 0 amide bonds. The number of nitrogens with zero attached hydrogens (tertiary/aromatic N) is 2. The van der Waals surface area contributed by atoms with Gasteiger partial charge in [0.1, 0.15) is 28.2 Å². The van der Waals surface area contributed by atoms with Crippen molar-refractivity contribution in [2.45, 2.75) is 13.0 Å². The Kier molecular flexibility index (Phi) is 4.99. The van der Waals surface area contributed by atoms with Gasteiger partial charge in [-0.3, -0.25) is 0 Å². The molecule has 0 radical (unpaired) electrons. The second-order valence-electron chi connectivity index (χ2n) is 3.85. The van der Waals surface area contributed by atoms with Gasteiger partial charge in [0.2, 0.25) is 5.88 Å². The molecule has 0 aliphatic carbocycles. The number of hydrogen-bond donors (Lipinski definition) is 0. The van der Waals surface area contributed by atoms with Gasteiger partial charge in [0.05, 0.1) is 0 Å². The van der Waals surface area contributed by atoms with Crippen molar-refractivity contribution in [1.82, 2.24) is 9.97 Å². The van der Waals surface area contributed by atoms with Gasteiger partial charge in [0.15, 0.2) is 0 Å². The number of hydrogen-bond acceptors (Lipinski definition) is 4. The van der Waals surface area contributed by atoms with Crippen molar-refractivity contribution >= 4 is 27.5 Å². The van der Waals surface area contributed by atoms with Crippen molar-refractivity contribution in [2.75, 3.05) is 6.61 Å². The topological polar surface area (TPSA) is 44.2 Å². The lowest BCUT2D eigenvalue weighted by Gasteiger charge is -2.15. The molecular weight excluding hydrogens is 332 g/mol. The van der Waals surface area contributed by atoms with Gasteiger partial charge in [-0.15, -0.1) is 0 Å². The van der Waals surface area contributed by atoms with Crippen LogP contribution in [0, 0.1) is 0 Å². The van der Waals surface area contributed by atoms with Gasteiger partial charge in [-0.05, 0) is 35.0 Å². The van der Waals surface area contributed by atoms with E-state index in [4.69, 9.17) is 21.1 Å². The molecule has 0 saturated carbocycles. The smallest absolute Gasteiger partial charge is 0.215 e. The fourth-order valence-electron chi connectivity index (χ4n) is 1.38. The summed E-state index contributed by atoms with van der Waals surface area (Å²) in [5.41, 5.74) is 0. The van der Waals surface area contributed by atoms with E-state index in [2.05, 4.69) is 25.9 Å². The standard InChI is InChI=1S/C13H12BrClN2O2/c1-9(19-13-4-2-3-12(15)17-13)8-18-10-5-6-16-11(14)7-10/h2-7,9H,8H2,1H3. The molecule has 1 atom stereocenters. The van der Waals surface area contributed by atoms with E-state index in [-0.39, 0.29) is 6.10 Å². The first-order valence-electron chi connectivity index (χ1n) is 5.67. The quantitative estimate of drug-likeness (QED) is 0.776. The zero-order valence-corrected chi connectivity index (χ0v) is 12.6. The number of halogens is 2. The number of aromatic nitrogens is 2. The maximum absolute atomic E-state index is 5.78. The molecule has 0 bridgehead atoms. The zero-order chi connectivity index (χ0) is 13.7. The minimum Gasteiger partial charge on any atom is -0.490 e. The van der Waals surface area contributed by atoms with E-state index < -0.39 is 0 Å². The van der Waals surface area contributed by atoms with E-state index in [0.717, 1.165) is 10.4 Å². The molecule has 4 nitrogen and oxygen atoms in total. The van der Waals surface area contributed by atoms with E-state index in [9.17, 15) is 0 Å². The van der Waals surface area contributed by atoms with Crippen molar-refractivity contribution in [1.29, 1.82) is 0 Å². The summed E-state index contributed by atoms with van der Waals surface area (Å²) in [5, 5.41) is 0.406. The Morgan fingerprint density at radius 1 is 1.37 bits per heavy atom. The van der Waals surface area contributed by atoms with E-state index in [1.165, 1.54) is 0 Å². The molecule has 2 aromatic rings. The summed E-state index contributed by atoms with van der Waals surface area (Å²) >= 11 is 9.07. The third-order valence-corrected chi connectivity index (χ3v) is 2.84. The van der Waals surface area contributed by atoms with Gasteiger partial charge in [-0.1, -0.05) is 17.7 Å². The molecule has 0 aliphatic rings. The normalized spacial score (nSPS) is 11.9.